The highest BCUT2D eigenvalue weighted by Gasteiger charge is 2.29. The monoisotopic (exact) mass is 413 g/mol. The molecular formula is C25H27N5O. The number of carbonyl (C=O) groups excluding carboxylic acids is 1. The molecule has 158 valence electrons. The molecule has 3 aromatic heterocycles. The summed E-state index contributed by atoms with van der Waals surface area (Å²) in [7, 11) is 0. The molecule has 4 heterocycles. The fraction of sp³-hybridized carbons (Fsp3) is 0.320. The first-order valence-electron chi connectivity index (χ1n) is 11.0. The van der Waals surface area contributed by atoms with E-state index in [2.05, 4.69) is 51.0 Å². The van der Waals surface area contributed by atoms with Gasteiger partial charge in [-0.25, -0.2) is 4.98 Å². The van der Waals surface area contributed by atoms with Gasteiger partial charge in [0, 0.05) is 37.1 Å². The Bertz CT molecular complexity index is 1170. The molecule has 1 amide bonds. The van der Waals surface area contributed by atoms with Crippen molar-refractivity contribution in [2.45, 2.75) is 38.8 Å². The molecule has 1 aliphatic heterocycles. The molecule has 0 bridgehead atoms. The molecule has 0 saturated carbocycles. The molecule has 0 aliphatic carbocycles. The number of nitrogens with one attached hydrogen (secondary N) is 1. The Balaban J connectivity index is 1.23. The maximum absolute atomic E-state index is 12.8. The first-order chi connectivity index (χ1) is 15.2. The van der Waals surface area contributed by atoms with Crippen LogP contribution in [-0.2, 0) is 17.8 Å². The number of hydrogen-bond acceptors (Lipinski definition) is 3. The third kappa shape index (κ3) is 4.10. The number of amides is 1. The van der Waals surface area contributed by atoms with Crippen molar-refractivity contribution in [3.05, 3.63) is 72.7 Å². The van der Waals surface area contributed by atoms with Gasteiger partial charge in [-0.3, -0.25) is 9.89 Å². The zero-order valence-corrected chi connectivity index (χ0v) is 17.7. The smallest absolute Gasteiger partial charge is 0.227 e. The molecule has 1 fully saturated rings. The predicted octanol–water partition coefficient (Wildman–Crippen LogP) is 4.30. The Labute approximate surface area is 181 Å². The average molecular weight is 414 g/mol. The minimum Gasteiger partial charge on any atom is -0.346 e. The van der Waals surface area contributed by atoms with Gasteiger partial charge in [0.2, 0.25) is 5.91 Å². The van der Waals surface area contributed by atoms with Crippen LogP contribution in [0.2, 0.25) is 0 Å². The second-order valence-corrected chi connectivity index (χ2v) is 8.54. The number of carbonyl (C=O) groups is 1. The molecule has 4 aromatic rings. The maximum atomic E-state index is 12.8. The van der Waals surface area contributed by atoms with Crippen LogP contribution in [-0.4, -0.2) is 43.1 Å². The molecule has 2 atom stereocenters. The molecular weight excluding hydrogens is 386 g/mol. The Morgan fingerprint density at radius 3 is 2.81 bits per heavy atom. The molecule has 6 heteroatoms. The standard InChI is InChI=1S/C25H27N5O/c1-18-13-20(9-12-30(18)25(31)14-19-5-3-2-4-6-19)17-29-11-10-23-24(29)8-7-22(28-23)21-15-26-27-16-21/h2-8,10-11,15-16,18,20H,9,12-14,17H2,1H3,(H,26,27). The summed E-state index contributed by atoms with van der Waals surface area (Å²) in [4.78, 5) is 19.7. The van der Waals surface area contributed by atoms with E-state index in [4.69, 9.17) is 4.98 Å². The predicted molar refractivity (Wildman–Crippen MR) is 121 cm³/mol. The summed E-state index contributed by atoms with van der Waals surface area (Å²) >= 11 is 0. The molecule has 2 unspecified atom stereocenters. The molecule has 1 aliphatic rings. The lowest BCUT2D eigenvalue weighted by Gasteiger charge is -2.38. The fourth-order valence-electron chi connectivity index (χ4n) is 4.74. The van der Waals surface area contributed by atoms with E-state index in [0.717, 1.165) is 53.8 Å². The molecule has 31 heavy (non-hydrogen) atoms. The average Bonchev–Trinajstić information content (AvgIpc) is 3.45. The lowest BCUT2D eigenvalue weighted by molar-refractivity contribution is -0.134. The van der Waals surface area contributed by atoms with Gasteiger partial charge in [-0.2, -0.15) is 5.10 Å². The van der Waals surface area contributed by atoms with E-state index in [1.165, 1.54) is 0 Å². The van der Waals surface area contributed by atoms with Gasteiger partial charge in [0.05, 0.1) is 29.3 Å². The van der Waals surface area contributed by atoms with Crippen LogP contribution in [0.25, 0.3) is 22.3 Å². The quantitative estimate of drug-likeness (QED) is 0.531. The third-order valence-electron chi connectivity index (χ3n) is 6.38. The number of aromatic nitrogens is 4. The van der Waals surface area contributed by atoms with Crippen LogP contribution >= 0.6 is 0 Å². The van der Waals surface area contributed by atoms with Gasteiger partial charge in [-0.05, 0) is 49.4 Å². The second-order valence-electron chi connectivity index (χ2n) is 8.54. The summed E-state index contributed by atoms with van der Waals surface area (Å²) in [6, 6.07) is 16.6. The van der Waals surface area contributed by atoms with Gasteiger partial charge >= 0.3 is 0 Å². The van der Waals surface area contributed by atoms with Crippen molar-refractivity contribution >= 4 is 16.9 Å². The van der Waals surface area contributed by atoms with Crippen LogP contribution in [0.3, 0.4) is 0 Å². The highest BCUT2D eigenvalue weighted by atomic mass is 16.2. The summed E-state index contributed by atoms with van der Waals surface area (Å²) < 4.78 is 2.31. The van der Waals surface area contributed by atoms with Crippen LogP contribution in [0.1, 0.15) is 25.3 Å². The highest BCUT2D eigenvalue weighted by molar-refractivity contribution is 5.80. The Morgan fingerprint density at radius 2 is 2.03 bits per heavy atom. The largest absolute Gasteiger partial charge is 0.346 e. The third-order valence-corrected chi connectivity index (χ3v) is 6.38. The van der Waals surface area contributed by atoms with Crippen LogP contribution in [0.5, 0.6) is 0 Å². The number of piperidine rings is 1. The summed E-state index contributed by atoms with van der Waals surface area (Å²) in [5.74, 6) is 0.791. The molecule has 1 saturated heterocycles. The number of aromatic amines is 1. The van der Waals surface area contributed by atoms with Gasteiger partial charge < -0.3 is 9.47 Å². The molecule has 1 aromatic carbocycles. The van der Waals surface area contributed by atoms with Gasteiger partial charge in [-0.15, -0.1) is 0 Å². The lowest BCUT2D eigenvalue weighted by atomic mass is 9.91. The molecule has 5 rings (SSSR count). The van der Waals surface area contributed by atoms with Crippen LogP contribution < -0.4 is 0 Å². The summed E-state index contributed by atoms with van der Waals surface area (Å²) in [5, 5.41) is 6.85. The van der Waals surface area contributed by atoms with E-state index in [-0.39, 0.29) is 11.9 Å². The Morgan fingerprint density at radius 1 is 1.16 bits per heavy atom. The van der Waals surface area contributed by atoms with Crippen molar-refractivity contribution in [3.8, 4) is 11.3 Å². The number of rotatable bonds is 5. The van der Waals surface area contributed by atoms with Gasteiger partial charge in [0.25, 0.3) is 0 Å². The minimum atomic E-state index is 0.236. The van der Waals surface area contributed by atoms with E-state index < -0.39 is 0 Å². The summed E-state index contributed by atoms with van der Waals surface area (Å²) in [6.07, 6.45) is 8.34. The van der Waals surface area contributed by atoms with Gasteiger partial charge in [0.1, 0.15) is 0 Å². The first kappa shape index (κ1) is 19.5. The van der Waals surface area contributed by atoms with Crippen molar-refractivity contribution in [1.82, 2.24) is 24.6 Å². The number of H-pyrrole nitrogens is 1. The normalized spacial score (nSPS) is 19.1. The Kier molecular flexibility index (Phi) is 5.28. The molecule has 6 nitrogen and oxygen atoms in total. The van der Waals surface area contributed by atoms with Crippen molar-refractivity contribution in [1.29, 1.82) is 0 Å². The molecule has 0 radical (unpaired) electrons. The van der Waals surface area contributed by atoms with Crippen LogP contribution in [0.15, 0.2) is 67.1 Å². The fourth-order valence-corrected chi connectivity index (χ4v) is 4.74. The second kappa shape index (κ2) is 8.38. The lowest BCUT2D eigenvalue weighted by Crippen LogP contribution is -2.45. The summed E-state index contributed by atoms with van der Waals surface area (Å²) in [5.41, 5.74) is 5.17. The maximum Gasteiger partial charge on any atom is 0.227 e. The van der Waals surface area contributed by atoms with Crippen molar-refractivity contribution in [2.75, 3.05) is 6.54 Å². The van der Waals surface area contributed by atoms with Crippen molar-refractivity contribution < 1.29 is 4.79 Å². The number of nitrogens with zero attached hydrogens (tertiary/aromatic N) is 4. The van der Waals surface area contributed by atoms with Gasteiger partial charge in [-0.1, -0.05) is 30.3 Å². The topological polar surface area (TPSA) is 66.8 Å². The number of benzene rings is 1. The van der Waals surface area contributed by atoms with E-state index >= 15 is 0 Å². The minimum absolute atomic E-state index is 0.236. The molecule has 0 spiro atoms. The van der Waals surface area contributed by atoms with Crippen LogP contribution in [0.4, 0.5) is 0 Å². The zero-order valence-electron chi connectivity index (χ0n) is 17.7. The number of fused-ring (bicyclic) bond motifs is 1. The highest BCUT2D eigenvalue weighted by Crippen LogP contribution is 2.27. The van der Waals surface area contributed by atoms with Crippen molar-refractivity contribution in [2.24, 2.45) is 5.92 Å². The van der Waals surface area contributed by atoms with E-state index in [1.807, 2.05) is 36.5 Å². The first-order valence-corrected chi connectivity index (χ1v) is 11.0. The van der Waals surface area contributed by atoms with E-state index in [0.29, 0.717) is 12.3 Å². The SMILES string of the molecule is CC1CC(Cn2ccc3nc(-c4cn[nH]c4)ccc32)CCN1C(=O)Cc1ccccc1. The van der Waals surface area contributed by atoms with Gasteiger partial charge in [0.15, 0.2) is 0 Å². The van der Waals surface area contributed by atoms with Crippen molar-refractivity contribution in [3.63, 3.8) is 0 Å². The zero-order chi connectivity index (χ0) is 21.2. The number of likely N-dealkylation sites (tertiary alicyclic amines) is 1. The van der Waals surface area contributed by atoms with E-state index in [1.54, 1.807) is 6.20 Å². The number of pyridine rings is 1. The van der Waals surface area contributed by atoms with E-state index in [9.17, 15) is 4.79 Å². The summed E-state index contributed by atoms with van der Waals surface area (Å²) in [6.45, 7) is 3.97. The molecule has 1 N–H and O–H groups in total. The Hall–Kier alpha value is -3.41. The van der Waals surface area contributed by atoms with Crippen LogP contribution in [0, 0.1) is 5.92 Å². The number of hydrogen-bond donors (Lipinski definition) is 1.